The van der Waals surface area contributed by atoms with Gasteiger partial charge in [-0.3, -0.25) is 4.57 Å². The first-order valence-electron chi connectivity index (χ1n) is 11.3. The highest BCUT2D eigenvalue weighted by molar-refractivity contribution is 5.82. The van der Waals surface area contributed by atoms with E-state index in [1.807, 2.05) is 13.0 Å². The van der Waals surface area contributed by atoms with Gasteiger partial charge in [0.05, 0.1) is 16.7 Å². The summed E-state index contributed by atoms with van der Waals surface area (Å²) in [6, 6.07) is 12.5. The van der Waals surface area contributed by atoms with Crippen molar-refractivity contribution in [3.8, 4) is 5.69 Å². The summed E-state index contributed by atoms with van der Waals surface area (Å²) in [7, 11) is 0. The Balaban J connectivity index is 1.71. The lowest BCUT2D eigenvalue weighted by Gasteiger charge is -2.40. The molecule has 2 aliphatic heterocycles. The average Bonchev–Trinajstić information content (AvgIpc) is 3.23. The maximum Gasteiger partial charge on any atom is 0.119 e. The van der Waals surface area contributed by atoms with Gasteiger partial charge in [-0.25, -0.2) is 4.98 Å². The van der Waals surface area contributed by atoms with Gasteiger partial charge in [-0.05, 0) is 63.3 Å². The summed E-state index contributed by atoms with van der Waals surface area (Å²) >= 11 is 0. The fourth-order valence-electron chi connectivity index (χ4n) is 5.52. The molecule has 5 rings (SSSR count). The van der Waals surface area contributed by atoms with Gasteiger partial charge in [0.15, 0.2) is 0 Å². The van der Waals surface area contributed by atoms with Crippen LogP contribution in [0.15, 0.2) is 36.4 Å². The predicted molar refractivity (Wildman–Crippen MR) is 113 cm³/mol. The lowest BCUT2D eigenvalue weighted by atomic mass is 9.82. The molecule has 27 heavy (non-hydrogen) atoms. The Labute approximate surface area is 166 Å². The first-order chi connectivity index (χ1) is 14.0. The van der Waals surface area contributed by atoms with Gasteiger partial charge >= 0.3 is 0 Å². The van der Waals surface area contributed by atoms with Crippen LogP contribution in [0.25, 0.3) is 16.7 Å². The normalized spacial score (nSPS) is 28.0. The van der Waals surface area contributed by atoms with E-state index in [2.05, 4.69) is 67.5 Å². The Kier molecular flexibility index (Phi) is 2.64. The third kappa shape index (κ3) is 2.17. The van der Waals surface area contributed by atoms with Gasteiger partial charge in [-0.1, -0.05) is 32.0 Å². The molecule has 0 saturated carbocycles. The molecule has 2 aliphatic rings. The second-order valence-electron chi connectivity index (χ2n) is 9.21. The Morgan fingerprint density at radius 3 is 2.67 bits per heavy atom. The molecule has 0 spiro atoms. The summed E-state index contributed by atoms with van der Waals surface area (Å²) in [4.78, 5) is 7.27. The molecule has 2 aromatic carbocycles. The zero-order valence-corrected chi connectivity index (χ0v) is 16.8. The van der Waals surface area contributed by atoms with Crippen LogP contribution in [-0.2, 0) is 6.42 Å². The first kappa shape index (κ1) is 13.8. The predicted octanol–water partition coefficient (Wildman–Crippen LogP) is 5.64. The molecule has 0 radical (unpaired) electrons. The molecule has 0 amide bonds. The minimum Gasteiger partial charge on any atom is -0.363 e. The van der Waals surface area contributed by atoms with E-state index in [1.165, 1.54) is 22.5 Å². The molecule has 3 heteroatoms. The minimum absolute atomic E-state index is 0.102. The quantitative estimate of drug-likeness (QED) is 0.437. The van der Waals surface area contributed by atoms with Crippen molar-refractivity contribution in [1.82, 2.24) is 9.55 Å². The molecule has 3 aromatic rings. The number of benzene rings is 2. The molecule has 3 nitrogen and oxygen atoms in total. The number of fused-ring (bicyclic) bond motifs is 5. The molecular formula is C24H29N3. The van der Waals surface area contributed by atoms with E-state index in [4.69, 9.17) is 9.10 Å². The number of hydrogen-bond donors (Lipinski definition) is 0. The second-order valence-corrected chi connectivity index (χ2v) is 9.21. The second kappa shape index (κ2) is 5.15. The van der Waals surface area contributed by atoms with Gasteiger partial charge in [-0.2, -0.15) is 0 Å². The highest BCUT2D eigenvalue weighted by Gasteiger charge is 2.49. The summed E-state index contributed by atoms with van der Waals surface area (Å²) < 4.78 is 27.0. The van der Waals surface area contributed by atoms with Crippen molar-refractivity contribution in [2.24, 2.45) is 5.41 Å². The zero-order chi connectivity index (χ0) is 21.6. The van der Waals surface area contributed by atoms with Crippen molar-refractivity contribution in [3.63, 3.8) is 0 Å². The van der Waals surface area contributed by atoms with Crippen molar-refractivity contribution >= 4 is 16.7 Å². The molecule has 1 fully saturated rings. The molecule has 3 heterocycles. The fourth-order valence-corrected chi connectivity index (χ4v) is 5.52. The molecule has 1 saturated heterocycles. The van der Waals surface area contributed by atoms with Crippen molar-refractivity contribution in [3.05, 3.63) is 53.3 Å². The number of para-hydroxylation sites is 2. The summed E-state index contributed by atoms with van der Waals surface area (Å²) in [5, 5.41) is 0. The molecule has 0 N–H and O–H groups in total. The summed E-state index contributed by atoms with van der Waals surface area (Å²) in [5.74, 6) is 1.06. The highest BCUT2D eigenvalue weighted by Crippen LogP contribution is 2.51. The van der Waals surface area contributed by atoms with Crippen LogP contribution in [-0.4, -0.2) is 21.1 Å². The van der Waals surface area contributed by atoms with E-state index >= 15 is 0 Å². The lowest BCUT2D eigenvalue weighted by molar-refractivity contribution is 0.329. The Bertz CT molecular complexity index is 1170. The molecule has 0 aliphatic carbocycles. The summed E-state index contributed by atoms with van der Waals surface area (Å²) in [5.41, 5.74) is 5.95. The summed E-state index contributed by atoms with van der Waals surface area (Å²) in [6.07, 6.45) is 1.40. The minimum atomic E-state index is -2.01. The molecule has 0 bridgehead atoms. The zero-order valence-electron chi connectivity index (χ0n) is 19.8. The van der Waals surface area contributed by atoms with Gasteiger partial charge < -0.3 is 4.90 Å². The van der Waals surface area contributed by atoms with Gasteiger partial charge in [0.25, 0.3) is 0 Å². The monoisotopic (exact) mass is 362 g/mol. The molecule has 2 unspecified atom stereocenters. The molecular weight excluding hydrogens is 330 g/mol. The third-order valence-electron chi connectivity index (χ3n) is 6.67. The first-order valence-corrected chi connectivity index (χ1v) is 9.84. The number of anilines is 1. The van der Waals surface area contributed by atoms with Crippen molar-refractivity contribution in [1.29, 1.82) is 0 Å². The maximum absolute atomic E-state index is 8.26. The van der Waals surface area contributed by atoms with E-state index in [9.17, 15) is 0 Å². The van der Waals surface area contributed by atoms with Crippen LogP contribution in [0.4, 0.5) is 5.69 Å². The smallest absolute Gasteiger partial charge is 0.119 e. The number of aryl methyl sites for hydroxylation is 1. The number of rotatable bonds is 1. The Morgan fingerprint density at radius 1 is 1.15 bits per heavy atom. The SMILES string of the molecule is [2H]C([2H])([2H])C1(C)CC(C)(C)N(c2c(C)ccc3c2Cc2nc4ccccc4n2-3)C1C. The topological polar surface area (TPSA) is 21.1 Å². The largest absolute Gasteiger partial charge is 0.363 e. The van der Waals surface area contributed by atoms with E-state index in [0.29, 0.717) is 6.42 Å². The standard InChI is InChI=1S/C24H29N3/c1-15-11-12-19-17(13-21-25-18-9-7-8-10-20(18)26(19)21)22(15)27-16(2)23(3,4)14-24(27,5)6/h7-12,16H,13-14H2,1-6H3/i3D3. The number of nitrogens with zero attached hydrogens (tertiary/aromatic N) is 3. The van der Waals surface area contributed by atoms with E-state index in [0.717, 1.165) is 23.3 Å². The van der Waals surface area contributed by atoms with Crippen LogP contribution in [0, 0.1) is 12.3 Å². The maximum atomic E-state index is 8.26. The number of imidazole rings is 1. The van der Waals surface area contributed by atoms with Crippen LogP contribution < -0.4 is 4.90 Å². The van der Waals surface area contributed by atoms with E-state index in [-0.39, 0.29) is 11.6 Å². The Hall–Kier alpha value is -2.29. The van der Waals surface area contributed by atoms with Crippen molar-refractivity contribution < 1.29 is 4.11 Å². The van der Waals surface area contributed by atoms with Crippen LogP contribution in [0.1, 0.15) is 62.0 Å². The van der Waals surface area contributed by atoms with E-state index < -0.39 is 12.3 Å². The third-order valence-corrected chi connectivity index (χ3v) is 6.67. The summed E-state index contributed by atoms with van der Waals surface area (Å²) in [6.45, 7) is 8.52. The van der Waals surface area contributed by atoms with Crippen LogP contribution in [0.5, 0.6) is 0 Å². The molecule has 1 aromatic heterocycles. The van der Waals surface area contributed by atoms with Crippen LogP contribution in [0.2, 0.25) is 0 Å². The van der Waals surface area contributed by atoms with Crippen LogP contribution >= 0.6 is 0 Å². The number of aromatic nitrogens is 2. The number of hydrogen-bond acceptors (Lipinski definition) is 2. The van der Waals surface area contributed by atoms with Crippen molar-refractivity contribution in [2.45, 2.75) is 65.9 Å². The van der Waals surface area contributed by atoms with Crippen LogP contribution in [0.3, 0.4) is 0 Å². The molecule has 2 atom stereocenters. The highest BCUT2D eigenvalue weighted by atomic mass is 15.3. The van der Waals surface area contributed by atoms with Crippen molar-refractivity contribution in [2.75, 3.05) is 4.90 Å². The van der Waals surface area contributed by atoms with Gasteiger partial charge in [-0.15, -0.1) is 0 Å². The average molecular weight is 363 g/mol. The van der Waals surface area contributed by atoms with Gasteiger partial charge in [0, 0.05) is 33.4 Å². The lowest BCUT2D eigenvalue weighted by Crippen LogP contribution is -2.44. The van der Waals surface area contributed by atoms with Gasteiger partial charge in [0.2, 0.25) is 0 Å². The van der Waals surface area contributed by atoms with E-state index in [1.54, 1.807) is 0 Å². The van der Waals surface area contributed by atoms with Gasteiger partial charge in [0.1, 0.15) is 5.82 Å². The fraction of sp³-hybridized carbons (Fsp3) is 0.458. The molecule has 140 valence electrons. The Morgan fingerprint density at radius 2 is 1.93 bits per heavy atom.